The molecule has 1 aromatic heterocycles. The van der Waals surface area contributed by atoms with E-state index in [1.807, 2.05) is 18.2 Å². The fourth-order valence-electron chi connectivity index (χ4n) is 2.35. The molecule has 4 nitrogen and oxygen atoms in total. The average Bonchev–Trinajstić information content (AvgIpc) is 2.88. The number of fused-ring (bicyclic) bond motifs is 1. The molecule has 0 saturated heterocycles. The minimum atomic E-state index is 0.0622. The van der Waals surface area contributed by atoms with Gasteiger partial charge >= 0.3 is 0 Å². The van der Waals surface area contributed by atoms with E-state index in [4.69, 9.17) is 14.3 Å². The molecule has 1 unspecified atom stereocenters. The van der Waals surface area contributed by atoms with Gasteiger partial charge in [-0.1, -0.05) is 26.0 Å². The molecule has 2 aromatic rings. The topological polar surface area (TPSA) is 54.6 Å². The Hall–Kier alpha value is -1.52. The first kappa shape index (κ1) is 15.9. The van der Waals surface area contributed by atoms with E-state index in [-0.39, 0.29) is 18.1 Å². The van der Waals surface area contributed by atoms with Gasteiger partial charge < -0.3 is 19.6 Å². The van der Waals surface area contributed by atoms with E-state index < -0.39 is 0 Å². The molecule has 2 rings (SSSR count). The first-order valence-corrected chi connectivity index (χ1v) is 7.37. The molecule has 0 aliphatic heterocycles. The molecule has 21 heavy (non-hydrogen) atoms. The van der Waals surface area contributed by atoms with E-state index in [1.54, 1.807) is 7.11 Å². The quantitative estimate of drug-likeness (QED) is 0.820. The molecule has 0 spiro atoms. The third kappa shape index (κ3) is 3.77. The molecule has 0 aliphatic carbocycles. The molecule has 1 atom stereocenters. The van der Waals surface area contributed by atoms with Crippen LogP contribution in [-0.4, -0.2) is 25.4 Å². The summed E-state index contributed by atoms with van der Waals surface area (Å²) in [6.07, 6.45) is 0.778. The number of para-hydroxylation sites is 1. The van der Waals surface area contributed by atoms with Gasteiger partial charge in [0.05, 0.1) is 13.2 Å². The van der Waals surface area contributed by atoms with Crippen LogP contribution in [0.2, 0.25) is 0 Å². The molecule has 4 heteroatoms. The summed E-state index contributed by atoms with van der Waals surface area (Å²) in [6, 6.07) is 8.04. The largest absolute Gasteiger partial charge is 0.493 e. The van der Waals surface area contributed by atoms with Gasteiger partial charge in [-0.3, -0.25) is 0 Å². The van der Waals surface area contributed by atoms with E-state index in [0.717, 1.165) is 35.4 Å². The van der Waals surface area contributed by atoms with Crippen LogP contribution in [0.4, 0.5) is 0 Å². The summed E-state index contributed by atoms with van der Waals surface area (Å²) in [6.45, 7) is 7.40. The van der Waals surface area contributed by atoms with E-state index in [2.05, 4.69) is 32.2 Å². The van der Waals surface area contributed by atoms with Crippen LogP contribution in [-0.2, 0) is 0 Å². The van der Waals surface area contributed by atoms with Crippen molar-refractivity contribution < 1.29 is 14.3 Å². The summed E-state index contributed by atoms with van der Waals surface area (Å²) >= 11 is 0. The Morgan fingerprint density at radius 2 is 2.14 bits per heavy atom. The SMILES string of the molecule is COc1cccc2cc(C(C)NCC(C)(C)CCO)oc12. The second kappa shape index (κ2) is 6.50. The Morgan fingerprint density at radius 3 is 2.81 bits per heavy atom. The number of methoxy groups -OCH3 is 1. The average molecular weight is 291 g/mol. The first-order chi connectivity index (χ1) is 9.96. The van der Waals surface area contributed by atoms with Crippen molar-refractivity contribution >= 4 is 11.0 Å². The Labute approximate surface area is 126 Å². The Balaban J connectivity index is 2.11. The number of aliphatic hydroxyl groups is 1. The van der Waals surface area contributed by atoms with Crippen molar-refractivity contribution in [1.82, 2.24) is 5.32 Å². The minimum Gasteiger partial charge on any atom is -0.493 e. The zero-order valence-corrected chi connectivity index (χ0v) is 13.3. The number of aliphatic hydroxyl groups excluding tert-OH is 1. The predicted octanol–water partition coefficient (Wildman–Crippen LogP) is 3.50. The van der Waals surface area contributed by atoms with Gasteiger partial charge in [0.2, 0.25) is 0 Å². The Kier molecular flexibility index (Phi) is 4.91. The molecule has 1 aromatic carbocycles. The lowest BCUT2D eigenvalue weighted by molar-refractivity contribution is 0.202. The zero-order chi connectivity index (χ0) is 15.5. The highest BCUT2D eigenvalue weighted by Gasteiger charge is 2.20. The zero-order valence-electron chi connectivity index (χ0n) is 13.3. The van der Waals surface area contributed by atoms with Gasteiger partial charge in [-0.15, -0.1) is 0 Å². The van der Waals surface area contributed by atoms with Crippen molar-refractivity contribution in [2.45, 2.75) is 33.2 Å². The van der Waals surface area contributed by atoms with Crippen LogP contribution in [0.3, 0.4) is 0 Å². The van der Waals surface area contributed by atoms with Crippen LogP contribution >= 0.6 is 0 Å². The van der Waals surface area contributed by atoms with Gasteiger partial charge in [0, 0.05) is 18.5 Å². The molecule has 0 radical (unpaired) electrons. The maximum atomic E-state index is 9.08. The van der Waals surface area contributed by atoms with Gasteiger partial charge in [-0.25, -0.2) is 0 Å². The predicted molar refractivity (Wildman–Crippen MR) is 84.7 cm³/mol. The van der Waals surface area contributed by atoms with Crippen molar-refractivity contribution in [2.24, 2.45) is 5.41 Å². The Bertz CT molecular complexity index is 589. The smallest absolute Gasteiger partial charge is 0.176 e. The van der Waals surface area contributed by atoms with E-state index in [0.29, 0.717) is 0 Å². The first-order valence-electron chi connectivity index (χ1n) is 7.37. The number of ether oxygens (including phenoxy) is 1. The maximum Gasteiger partial charge on any atom is 0.176 e. The number of rotatable bonds is 7. The number of hydrogen-bond acceptors (Lipinski definition) is 4. The number of nitrogens with one attached hydrogen (secondary N) is 1. The summed E-state index contributed by atoms with van der Waals surface area (Å²) in [5.74, 6) is 1.65. The van der Waals surface area contributed by atoms with Gasteiger partial charge in [0.15, 0.2) is 11.3 Å². The normalized spacial score (nSPS) is 13.6. The lowest BCUT2D eigenvalue weighted by Gasteiger charge is -2.25. The highest BCUT2D eigenvalue weighted by molar-refractivity contribution is 5.83. The third-order valence-corrected chi connectivity index (χ3v) is 3.85. The van der Waals surface area contributed by atoms with E-state index in [1.165, 1.54) is 0 Å². The van der Waals surface area contributed by atoms with Crippen LogP contribution in [0.1, 0.15) is 39.0 Å². The minimum absolute atomic E-state index is 0.0622. The number of furan rings is 1. The summed E-state index contributed by atoms with van der Waals surface area (Å²) in [5, 5.41) is 13.6. The molecular formula is C17H25NO3. The van der Waals surface area contributed by atoms with Crippen molar-refractivity contribution in [3.63, 3.8) is 0 Å². The highest BCUT2D eigenvalue weighted by atomic mass is 16.5. The maximum absolute atomic E-state index is 9.08. The van der Waals surface area contributed by atoms with Gasteiger partial charge in [-0.2, -0.15) is 0 Å². The van der Waals surface area contributed by atoms with Gasteiger partial charge in [0.25, 0.3) is 0 Å². The second-order valence-corrected chi connectivity index (χ2v) is 6.27. The molecule has 0 bridgehead atoms. The summed E-state index contributed by atoms with van der Waals surface area (Å²) in [5.41, 5.74) is 0.852. The highest BCUT2D eigenvalue weighted by Crippen LogP contribution is 2.31. The van der Waals surface area contributed by atoms with Crippen molar-refractivity contribution in [1.29, 1.82) is 0 Å². The van der Waals surface area contributed by atoms with Crippen LogP contribution in [0, 0.1) is 5.41 Å². The lowest BCUT2D eigenvalue weighted by Crippen LogP contribution is -2.31. The lowest BCUT2D eigenvalue weighted by atomic mass is 9.89. The van der Waals surface area contributed by atoms with Crippen molar-refractivity contribution in [2.75, 3.05) is 20.3 Å². The van der Waals surface area contributed by atoms with Crippen molar-refractivity contribution in [3.8, 4) is 5.75 Å². The standard InChI is InChI=1S/C17H25NO3/c1-12(18-11-17(2,3)8-9-19)15-10-13-6-5-7-14(20-4)16(13)21-15/h5-7,10,12,18-19H,8-9,11H2,1-4H3. The van der Waals surface area contributed by atoms with Gasteiger partial charge in [-0.05, 0) is 30.9 Å². The molecule has 0 aliphatic rings. The molecule has 0 fully saturated rings. The molecule has 1 heterocycles. The van der Waals surface area contributed by atoms with Crippen LogP contribution in [0.25, 0.3) is 11.0 Å². The van der Waals surface area contributed by atoms with Crippen LogP contribution in [0.15, 0.2) is 28.7 Å². The van der Waals surface area contributed by atoms with E-state index >= 15 is 0 Å². The number of benzene rings is 1. The molecule has 2 N–H and O–H groups in total. The molecule has 116 valence electrons. The second-order valence-electron chi connectivity index (χ2n) is 6.27. The van der Waals surface area contributed by atoms with Crippen LogP contribution in [0.5, 0.6) is 5.75 Å². The Morgan fingerprint density at radius 1 is 1.38 bits per heavy atom. The molecular weight excluding hydrogens is 266 g/mol. The monoisotopic (exact) mass is 291 g/mol. The third-order valence-electron chi connectivity index (χ3n) is 3.85. The van der Waals surface area contributed by atoms with Gasteiger partial charge in [0.1, 0.15) is 5.76 Å². The fourth-order valence-corrected chi connectivity index (χ4v) is 2.35. The fraction of sp³-hybridized carbons (Fsp3) is 0.529. The molecule has 0 saturated carbocycles. The number of hydrogen-bond donors (Lipinski definition) is 2. The summed E-state index contributed by atoms with van der Waals surface area (Å²) in [7, 11) is 1.65. The van der Waals surface area contributed by atoms with Crippen LogP contribution < -0.4 is 10.1 Å². The summed E-state index contributed by atoms with van der Waals surface area (Å²) < 4.78 is 11.3. The van der Waals surface area contributed by atoms with Crippen molar-refractivity contribution in [3.05, 3.63) is 30.0 Å². The molecule has 0 amide bonds. The van der Waals surface area contributed by atoms with E-state index in [9.17, 15) is 0 Å². The summed E-state index contributed by atoms with van der Waals surface area (Å²) in [4.78, 5) is 0.